The molecule has 1 heterocycles. The molecule has 0 atom stereocenters. The standard InChI is InChI=1S/C14H13ClFNO2S2/c15-12-6-7-13(20-12)21(18,19)17-14(8-1-9-14)10-2-4-11(16)5-3-10/h2-7,17H,1,8-9H2. The van der Waals surface area contributed by atoms with Gasteiger partial charge in [0.05, 0.1) is 9.88 Å². The van der Waals surface area contributed by atoms with Gasteiger partial charge in [0.15, 0.2) is 0 Å². The number of benzene rings is 1. The summed E-state index contributed by atoms with van der Waals surface area (Å²) in [5, 5.41) is 0. The van der Waals surface area contributed by atoms with Crippen molar-refractivity contribution < 1.29 is 12.8 Å². The van der Waals surface area contributed by atoms with Gasteiger partial charge in [-0.15, -0.1) is 11.3 Å². The molecule has 0 amide bonds. The van der Waals surface area contributed by atoms with E-state index in [2.05, 4.69) is 4.72 Å². The summed E-state index contributed by atoms with van der Waals surface area (Å²) >= 11 is 6.83. The van der Waals surface area contributed by atoms with Crippen LogP contribution in [0.25, 0.3) is 0 Å². The van der Waals surface area contributed by atoms with Crippen LogP contribution in [0.15, 0.2) is 40.6 Å². The van der Waals surface area contributed by atoms with Gasteiger partial charge >= 0.3 is 0 Å². The normalized spacial score (nSPS) is 17.4. The Morgan fingerprint density at radius 1 is 1.14 bits per heavy atom. The highest BCUT2D eigenvalue weighted by atomic mass is 35.5. The maximum atomic E-state index is 13.1. The van der Waals surface area contributed by atoms with Crippen molar-refractivity contribution in [2.45, 2.75) is 29.0 Å². The van der Waals surface area contributed by atoms with Crippen LogP contribution in [0.5, 0.6) is 0 Å². The van der Waals surface area contributed by atoms with Crippen LogP contribution < -0.4 is 4.72 Å². The lowest BCUT2D eigenvalue weighted by Gasteiger charge is -2.42. The summed E-state index contributed by atoms with van der Waals surface area (Å²) in [6.45, 7) is 0. The van der Waals surface area contributed by atoms with Gasteiger partial charge in [0.1, 0.15) is 10.0 Å². The van der Waals surface area contributed by atoms with Crippen LogP contribution in [-0.4, -0.2) is 8.42 Å². The fourth-order valence-corrected chi connectivity index (χ4v) is 5.43. The second kappa shape index (κ2) is 5.35. The molecule has 1 aromatic heterocycles. The van der Waals surface area contributed by atoms with E-state index in [4.69, 9.17) is 11.6 Å². The molecular weight excluding hydrogens is 333 g/mol. The third-order valence-electron chi connectivity index (χ3n) is 3.75. The van der Waals surface area contributed by atoms with E-state index >= 15 is 0 Å². The van der Waals surface area contributed by atoms with Crippen molar-refractivity contribution in [3.05, 3.63) is 52.1 Å². The Morgan fingerprint density at radius 2 is 1.81 bits per heavy atom. The first-order valence-electron chi connectivity index (χ1n) is 6.47. The number of rotatable bonds is 4. The highest BCUT2D eigenvalue weighted by Crippen LogP contribution is 2.43. The molecule has 2 aromatic rings. The van der Waals surface area contributed by atoms with Crippen molar-refractivity contribution in [1.82, 2.24) is 4.72 Å². The Balaban J connectivity index is 1.92. The van der Waals surface area contributed by atoms with Crippen LogP contribution in [0.1, 0.15) is 24.8 Å². The Labute approximate surface area is 131 Å². The molecular formula is C14H13ClFNO2S2. The van der Waals surface area contributed by atoms with Crippen molar-refractivity contribution in [3.63, 3.8) is 0 Å². The molecule has 1 saturated carbocycles. The average Bonchev–Trinajstić information content (AvgIpc) is 2.83. The lowest BCUT2D eigenvalue weighted by molar-refractivity contribution is 0.224. The molecule has 0 aliphatic heterocycles. The van der Waals surface area contributed by atoms with Gasteiger partial charge in [-0.05, 0) is 49.1 Å². The Bertz CT molecular complexity index is 752. The summed E-state index contributed by atoms with van der Waals surface area (Å²) in [5.41, 5.74) is 0.157. The van der Waals surface area contributed by atoms with Crippen LogP contribution in [0.4, 0.5) is 4.39 Å². The number of nitrogens with one attached hydrogen (secondary N) is 1. The topological polar surface area (TPSA) is 46.2 Å². The van der Waals surface area contributed by atoms with Crippen molar-refractivity contribution in [2.24, 2.45) is 0 Å². The molecule has 1 aliphatic rings. The third-order valence-corrected chi connectivity index (χ3v) is 7.01. The van der Waals surface area contributed by atoms with Gasteiger partial charge in [0.25, 0.3) is 10.0 Å². The predicted molar refractivity (Wildman–Crippen MR) is 81.6 cm³/mol. The fraction of sp³-hybridized carbons (Fsp3) is 0.286. The third kappa shape index (κ3) is 2.85. The highest BCUT2D eigenvalue weighted by Gasteiger charge is 2.42. The summed E-state index contributed by atoms with van der Waals surface area (Å²) in [5.74, 6) is -0.332. The molecule has 3 nitrogen and oxygen atoms in total. The first kappa shape index (κ1) is 15.0. The van der Waals surface area contributed by atoms with E-state index in [1.165, 1.54) is 18.2 Å². The van der Waals surface area contributed by atoms with Gasteiger partial charge < -0.3 is 0 Å². The number of hydrogen-bond acceptors (Lipinski definition) is 3. The Kier molecular flexibility index (Phi) is 3.81. The molecule has 112 valence electrons. The summed E-state index contributed by atoms with van der Waals surface area (Å²) < 4.78 is 41.4. The zero-order valence-electron chi connectivity index (χ0n) is 11.0. The van der Waals surface area contributed by atoms with Gasteiger partial charge in [-0.25, -0.2) is 12.8 Å². The molecule has 1 aromatic carbocycles. The van der Waals surface area contributed by atoms with Gasteiger partial charge in [0, 0.05) is 0 Å². The molecule has 1 aliphatic carbocycles. The van der Waals surface area contributed by atoms with E-state index in [9.17, 15) is 12.8 Å². The molecule has 0 bridgehead atoms. The first-order chi connectivity index (χ1) is 9.91. The molecule has 1 fully saturated rings. The van der Waals surface area contributed by atoms with E-state index < -0.39 is 15.6 Å². The van der Waals surface area contributed by atoms with Gasteiger partial charge in [0.2, 0.25) is 0 Å². The second-order valence-electron chi connectivity index (χ2n) is 5.11. The minimum Gasteiger partial charge on any atom is -0.207 e. The smallest absolute Gasteiger partial charge is 0.207 e. The number of hydrogen-bond donors (Lipinski definition) is 1. The summed E-state index contributed by atoms with van der Waals surface area (Å²) in [6, 6.07) is 9.03. The van der Waals surface area contributed by atoms with E-state index in [1.54, 1.807) is 18.2 Å². The van der Waals surface area contributed by atoms with Crippen LogP contribution in [-0.2, 0) is 15.6 Å². The lowest BCUT2D eigenvalue weighted by Crippen LogP contribution is -2.50. The minimum absolute atomic E-state index is 0.195. The fourth-order valence-electron chi connectivity index (χ4n) is 2.50. The van der Waals surface area contributed by atoms with Gasteiger partial charge in [-0.2, -0.15) is 4.72 Å². The van der Waals surface area contributed by atoms with Crippen LogP contribution in [0.3, 0.4) is 0 Å². The molecule has 21 heavy (non-hydrogen) atoms. The maximum absolute atomic E-state index is 13.1. The molecule has 0 unspecified atom stereocenters. The van der Waals surface area contributed by atoms with Gasteiger partial charge in [-0.1, -0.05) is 23.7 Å². The Morgan fingerprint density at radius 3 is 2.29 bits per heavy atom. The molecule has 3 rings (SSSR count). The quantitative estimate of drug-likeness (QED) is 0.913. The van der Waals surface area contributed by atoms with E-state index in [1.807, 2.05) is 0 Å². The first-order valence-corrected chi connectivity index (χ1v) is 9.14. The molecule has 0 saturated heterocycles. The minimum atomic E-state index is -3.63. The van der Waals surface area contributed by atoms with Crippen LogP contribution in [0, 0.1) is 5.82 Å². The molecule has 0 spiro atoms. The van der Waals surface area contributed by atoms with Crippen LogP contribution in [0.2, 0.25) is 4.34 Å². The number of halogens is 2. The second-order valence-corrected chi connectivity index (χ2v) is 8.73. The number of thiophene rings is 1. The van der Waals surface area contributed by atoms with Crippen molar-refractivity contribution in [2.75, 3.05) is 0 Å². The largest absolute Gasteiger partial charge is 0.250 e. The molecule has 1 N–H and O–H groups in total. The van der Waals surface area contributed by atoms with Crippen molar-refractivity contribution in [1.29, 1.82) is 0 Å². The van der Waals surface area contributed by atoms with Gasteiger partial charge in [-0.3, -0.25) is 0 Å². The highest BCUT2D eigenvalue weighted by molar-refractivity contribution is 7.91. The molecule has 7 heteroatoms. The van der Waals surface area contributed by atoms with E-state index in [-0.39, 0.29) is 10.0 Å². The number of sulfonamides is 1. The predicted octanol–water partition coefficient (Wildman–Crippen LogP) is 3.90. The van der Waals surface area contributed by atoms with Crippen LogP contribution >= 0.6 is 22.9 Å². The van der Waals surface area contributed by atoms with E-state index in [0.717, 1.165) is 23.3 Å². The van der Waals surface area contributed by atoms with Crippen molar-refractivity contribution >= 4 is 33.0 Å². The monoisotopic (exact) mass is 345 g/mol. The van der Waals surface area contributed by atoms with E-state index in [0.29, 0.717) is 17.2 Å². The Hall–Kier alpha value is -0.950. The molecule has 0 radical (unpaired) electrons. The summed E-state index contributed by atoms with van der Waals surface area (Å²) in [4.78, 5) is 0. The maximum Gasteiger partial charge on any atom is 0.250 e. The van der Waals surface area contributed by atoms with Crippen molar-refractivity contribution in [3.8, 4) is 0 Å². The zero-order chi connectivity index (χ0) is 15.1. The lowest BCUT2D eigenvalue weighted by atomic mass is 9.73. The zero-order valence-corrected chi connectivity index (χ0v) is 13.4. The summed E-state index contributed by atoms with van der Waals surface area (Å²) in [7, 11) is -3.63. The summed E-state index contributed by atoms with van der Waals surface area (Å²) in [6.07, 6.45) is 2.35. The average molecular weight is 346 g/mol. The SMILES string of the molecule is O=S(=O)(NC1(c2ccc(F)cc2)CCC1)c1ccc(Cl)s1.